The number of nitriles is 1. The van der Waals surface area contributed by atoms with Gasteiger partial charge in [-0.25, -0.2) is 0 Å². The molecule has 1 aromatic carbocycles. The van der Waals surface area contributed by atoms with E-state index in [1.54, 1.807) is 0 Å². The van der Waals surface area contributed by atoms with Gasteiger partial charge in [-0.1, -0.05) is 12.1 Å². The number of fused-ring (bicyclic) bond motifs is 1. The van der Waals surface area contributed by atoms with Crippen LogP contribution in [0, 0.1) is 11.3 Å². The lowest BCUT2D eigenvalue weighted by Gasteiger charge is -1.89. The van der Waals surface area contributed by atoms with Crippen molar-refractivity contribution in [3.63, 3.8) is 0 Å². The number of nitrogens with zero attached hydrogens (tertiary/aromatic N) is 1. The van der Waals surface area contributed by atoms with Crippen LogP contribution < -0.4 is 0 Å². The van der Waals surface area contributed by atoms with Crippen molar-refractivity contribution < 1.29 is 0 Å². The molecule has 0 bridgehead atoms. The second kappa shape index (κ2) is 2.89. The summed E-state index contributed by atoms with van der Waals surface area (Å²) in [5.74, 6) is 0. The normalized spacial score (nSPS) is 10.0. The predicted molar refractivity (Wildman–Crippen MR) is 54.2 cm³/mol. The second-order valence-electron chi connectivity index (χ2n) is 2.38. The topological polar surface area (TPSA) is 23.8 Å². The van der Waals surface area contributed by atoms with Gasteiger partial charge in [-0.05, 0) is 33.4 Å². The van der Waals surface area contributed by atoms with Crippen LogP contribution in [0.3, 0.4) is 0 Å². The third-order valence-corrected chi connectivity index (χ3v) is 3.62. The van der Waals surface area contributed by atoms with Gasteiger partial charge in [0.2, 0.25) is 0 Å². The Morgan fingerprint density at radius 1 is 1.42 bits per heavy atom. The van der Waals surface area contributed by atoms with Crippen molar-refractivity contribution >= 4 is 37.4 Å². The highest BCUT2D eigenvalue weighted by Gasteiger charge is 2.02. The van der Waals surface area contributed by atoms with Crippen molar-refractivity contribution in [1.29, 1.82) is 5.26 Å². The maximum absolute atomic E-state index is 8.67. The van der Waals surface area contributed by atoms with Gasteiger partial charge in [-0.3, -0.25) is 0 Å². The lowest BCUT2D eigenvalue weighted by molar-refractivity contribution is 1.52. The third-order valence-electron chi connectivity index (χ3n) is 1.61. The molecule has 0 aliphatic heterocycles. The Morgan fingerprint density at radius 2 is 2.25 bits per heavy atom. The van der Waals surface area contributed by atoms with Crippen LogP contribution in [-0.2, 0) is 0 Å². The summed E-state index contributed by atoms with van der Waals surface area (Å²) in [7, 11) is 0. The average Bonchev–Trinajstić information content (AvgIpc) is 2.49. The van der Waals surface area contributed by atoms with Crippen molar-refractivity contribution in [2.45, 2.75) is 0 Å². The molecule has 0 atom stereocenters. The Kier molecular flexibility index (Phi) is 1.87. The highest BCUT2D eigenvalue weighted by Crippen LogP contribution is 2.31. The molecular weight excluding hydrogens is 234 g/mol. The van der Waals surface area contributed by atoms with Gasteiger partial charge in [0.15, 0.2) is 0 Å². The molecule has 0 unspecified atom stereocenters. The lowest BCUT2D eigenvalue weighted by Crippen LogP contribution is -1.62. The first-order valence-corrected chi connectivity index (χ1v) is 5.00. The molecule has 12 heavy (non-hydrogen) atoms. The van der Waals surface area contributed by atoms with Crippen LogP contribution >= 0.6 is 27.3 Å². The van der Waals surface area contributed by atoms with E-state index in [2.05, 4.69) is 22.0 Å². The van der Waals surface area contributed by atoms with Crippen molar-refractivity contribution in [3.8, 4) is 6.07 Å². The SMILES string of the molecule is N#Cc1cc2cccc(Br)c2s1. The standard InChI is InChI=1S/C9H4BrNS/c10-8-3-1-2-6-4-7(5-11)12-9(6)8/h1-4H. The molecule has 1 nitrogen and oxygen atoms in total. The fourth-order valence-corrected chi connectivity index (χ4v) is 2.57. The van der Waals surface area contributed by atoms with Gasteiger partial charge in [-0.2, -0.15) is 5.26 Å². The largest absolute Gasteiger partial charge is 0.192 e. The number of halogens is 1. The molecule has 1 heterocycles. The van der Waals surface area contributed by atoms with E-state index < -0.39 is 0 Å². The van der Waals surface area contributed by atoms with E-state index >= 15 is 0 Å². The Morgan fingerprint density at radius 3 is 2.92 bits per heavy atom. The van der Waals surface area contributed by atoms with E-state index in [0.717, 1.165) is 19.4 Å². The Balaban J connectivity index is 2.85. The monoisotopic (exact) mass is 237 g/mol. The molecule has 58 valence electrons. The highest BCUT2D eigenvalue weighted by molar-refractivity contribution is 9.10. The fraction of sp³-hybridized carbons (Fsp3) is 0. The summed E-state index contributed by atoms with van der Waals surface area (Å²) in [6, 6.07) is 10.0. The van der Waals surface area contributed by atoms with E-state index in [-0.39, 0.29) is 0 Å². The molecule has 0 N–H and O–H groups in total. The molecule has 2 aromatic rings. The Bertz CT molecular complexity index is 467. The quantitative estimate of drug-likeness (QED) is 0.688. The zero-order valence-corrected chi connectivity index (χ0v) is 8.45. The number of benzene rings is 1. The molecule has 0 radical (unpaired) electrons. The molecule has 0 aliphatic rings. The number of thiophene rings is 1. The van der Waals surface area contributed by atoms with Crippen molar-refractivity contribution in [3.05, 3.63) is 33.6 Å². The fourth-order valence-electron chi connectivity index (χ4n) is 1.08. The van der Waals surface area contributed by atoms with E-state index in [1.807, 2.05) is 24.3 Å². The molecule has 1 aromatic heterocycles. The number of rotatable bonds is 0. The van der Waals surface area contributed by atoms with Gasteiger partial charge in [-0.15, -0.1) is 11.3 Å². The van der Waals surface area contributed by atoms with Gasteiger partial charge < -0.3 is 0 Å². The second-order valence-corrected chi connectivity index (χ2v) is 4.29. The predicted octanol–water partition coefficient (Wildman–Crippen LogP) is 3.54. The first-order valence-electron chi connectivity index (χ1n) is 3.39. The molecule has 0 aliphatic carbocycles. The average molecular weight is 238 g/mol. The van der Waals surface area contributed by atoms with Crippen LogP contribution in [0.25, 0.3) is 10.1 Å². The summed E-state index contributed by atoms with van der Waals surface area (Å²) in [5, 5.41) is 9.81. The Hall–Kier alpha value is -0.850. The van der Waals surface area contributed by atoms with Gasteiger partial charge >= 0.3 is 0 Å². The van der Waals surface area contributed by atoms with Gasteiger partial charge in [0, 0.05) is 9.17 Å². The van der Waals surface area contributed by atoms with Gasteiger partial charge in [0.25, 0.3) is 0 Å². The maximum Gasteiger partial charge on any atom is 0.110 e. The van der Waals surface area contributed by atoms with Gasteiger partial charge in [0.05, 0.1) is 0 Å². The summed E-state index contributed by atoms with van der Waals surface area (Å²) in [5.41, 5.74) is 0. The van der Waals surface area contributed by atoms with Gasteiger partial charge in [0.1, 0.15) is 10.9 Å². The summed E-state index contributed by atoms with van der Waals surface area (Å²) in [6.07, 6.45) is 0. The maximum atomic E-state index is 8.67. The molecule has 3 heteroatoms. The molecule has 0 saturated heterocycles. The van der Waals surface area contributed by atoms with E-state index in [1.165, 1.54) is 11.3 Å². The van der Waals surface area contributed by atoms with E-state index in [0.29, 0.717) is 0 Å². The van der Waals surface area contributed by atoms with E-state index in [9.17, 15) is 0 Å². The summed E-state index contributed by atoms with van der Waals surface area (Å²) >= 11 is 4.96. The van der Waals surface area contributed by atoms with Crippen molar-refractivity contribution in [2.75, 3.05) is 0 Å². The van der Waals surface area contributed by atoms with E-state index in [4.69, 9.17) is 5.26 Å². The minimum absolute atomic E-state index is 0.761. The zero-order chi connectivity index (χ0) is 8.55. The number of hydrogen-bond acceptors (Lipinski definition) is 2. The molecule has 0 spiro atoms. The first-order chi connectivity index (χ1) is 5.81. The molecule has 0 saturated carbocycles. The molecule has 0 fully saturated rings. The van der Waals surface area contributed by atoms with Crippen molar-refractivity contribution in [2.24, 2.45) is 0 Å². The van der Waals surface area contributed by atoms with Crippen LogP contribution in [0.15, 0.2) is 28.7 Å². The third kappa shape index (κ3) is 1.13. The first kappa shape index (κ1) is 7.78. The van der Waals surface area contributed by atoms with Crippen LogP contribution in [0.4, 0.5) is 0 Å². The van der Waals surface area contributed by atoms with Crippen LogP contribution in [0.2, 0.25) is 0 Å². The smallest absolute Gasteiger partial charge is 0.110 e. The van der Waals surface area contributed by atoms with Crippen LogP contribution in [0.1, 0.15) is 4.88 Å². The summed E-state index contributed by atoms with van der Waals surface area (Å²) in [6.45, 7) is 0. The molecular formula is C9H4BrNS. The lowest BCUT2D eigenvalue weighted by atomic mass is 10.2. The molecule has 2 rings (SSSR count). The zero-order valence-electron chi connectivity index (χ0n) is 6.04. The summed E-state index contributed by atoms with van der Waals surface area (Å²) < 4.78 is 2.21. The van der Waals surface area contributed by atoms with Crippen molar-refractivity contribution in [1.82, 2.24) is 0 Å². The number of hydrogen-bond donors (Lipinski definition) is 0. The highest BCUT2D eigenvalue weighted by atomic mass is 79.9. The van der Waals surface area contributed by atoms with Crippen LogP contribution in [-0.4, -0.2) is 0 Å². The Labute approximate surface area is 82.4 Å². The minimum atomic E-state index is 0.761. The summed E-state index contributed by atoms with van der Waals surface area (Å²) in [4.78, 5) is 0.761. The van der Waals surface area contributed by atoms with Crippen LogP contribution in [0.5, 0.6) is 0 Å². The minimum Gasteiger partial charge on any atom is -0.192 e. The molecule has 0 amide bonds.